The smallest absolute Gasteiger partial charge is 0.225 e. The average Bonchev–Trinajstić information content (AvgIpc) is 2.39. The maximum Gasteiger partial charge on any atom is 0.225 e. The van der Waals surface area contributed by atoms with Crippen molar-refractivity contribution in [2.24, 2.45) is 5.92 Å². The molecule has 0 radical (unpaired) electrons. The number of rotatable bonds is 4. The van der Waals surface area contributed by atoms with Gasteiger partial charge in [-0.15, -0.1) is 0 Å². The molecule has 0 unspecified atom stereocenters. The maximum absolute atomic E-state index is 11.4. The van der Waals surface area contributed by atoms with Gasteiger partial charge in [0.1, 0.15) is 0 Å². The summed E-state index contributed by atoms with van der Waals surface area (Å²) in [5.74, 6) is 1.14. The normalized spacial score (nSPS) is 17.7. The molecular weight excluding hydrogens is 344 g/mol. The molecule has 0 atom stereocenters. The van der Waals surface area contributed by atoms with Crippen molar-refractivity contribution in [1.82, 2.24) is 14.3 Å². The maximum atomic E-state index is 11.4. The molecule has 0 N–H and O–H groups in total. The van der Waals surface area contributed by atoms with Crippen LogP contribution in [0.1, 0.15) is 12.8 Å². The zero-order chi connectivity index (χ0) is 14.8. The molecule has 0 amide bonds. The van der Waals surface area contributed by atoms with E-state index in [0.717, 1.165) is 36.4 Å². The topological polar surface area (TPSA) is 66.4 Å². The van der Waals surface area contributed by atoms with Gasteiger partial charge in [0.2, 0.25) is 16.0 Å². The van der Waals surface area contributed by atoms with Crippen LogP contribution in [-0.4, -0.2) is 55.6 Å². The molecule has 2 rings (SSSR count). The van der Waals surface area contributed by atoms with Crippen LogP contribution in [0.15, 0.2) is 16.9 Å². The molecule has 0 bridgehead atoms. The summed E-state index contributed by atoms with van der Waals surface area (Å²) in [6, 6.07) is 0. The molecule has 1 aliphatic heterocycles. The van der Waals surface area contributed by atoms with Crippen molar-refractivity contribution in [1.29, 1.82) is 0 Å². The lowest BCUT2D eigenvalue weighted by molar-refractivity contribution is 0.328. The molecule has 8 heteroatoms. The van der Waals surface area contributed by atoms with Crippen LogP contribution in [0.25, 0.3) is 0 Å². The van der Waals surface area contributed by atoms with E-state index >= 15 is 0 Å². The minimum absolute atomic E-state index is 0.404. The lowest BCUT2D eigenvalue weighted by Gasteiger charge is -2.33. The van der Waals surface area contributed by atoms with Gasteiger partial charge in [-0.25, -0.2) is 22.7 Å². The van der Waals surface area contributed by atoms with E-state index in [0.29, 0.717) is 12.5 Å². The van der Waals surface area contributed by atoms with Crippen molar-refractivity contribution in [3.8, 4) is 0 Å². The van der Waals surface area contributed by atoms with E-state index in [9.17, 15) is 8.42 Å². The van der Waals surface area contributed by atoms with Crippen molar-refractivity contribution in [3.05, 3.63) is 16.9 Å². The fraction of sp³-hybridized carbons (Fsp3) is 0.667. The molecule has 1 aromatic rings. The summed E-state index contributed by atoms with van der Waals surface area (Å²) < 4.78 is 25.1. The molecule has 2 heterocycles. The second kappa shape index (κ2) is 6.36. The molecule has 0 aliphatic carbocycles. The van der Waals surface area contributed by atoms with E-state index in [2.05, 4.69) is 30.8 Å². The van der Waals surface area contributed by atoms with Gasteiger partial charge in [0.15, 0.2) is 0 Å². The highest BCUT2D eigenvalue weighted by Gasteiger charge is 2.24. The Bertz CT molecular complexity index is 541. The van der Waals surface area contributed by atoms with Crippen molar-refractivity contribution in [2.45, 2.75) is 12.8 Å². The molecule has 6 nitrogen and oxygen atoms in total. The number of piperidine rings is 1. The van der Waals surface area contributed by atoms with Crippen LogP contribution < -0.4 is 4.90 Å². The highest BCUT2D eigenvalue weighted by Crippen LogP contribution is 2.22. The van der Waals surface area contributed by atoms with Gasteiger partial charge in [-0.05, 0) is 34.7 Å². The van der Waals surface area contributed by atoms with Crippen LogP contribution in [0, 0.1) is 5.92 Å². The first-order valence-electron chi connectivity index (χ1n) is 6.50. The van der Waals surface area contributed by atoms with Crippen LogP contribution in [-0.2, 0) is 10.0 Å². The summed E-state index contributed by atoms with van der Waals surface area (Å²) >= 11 is 3.32. The highest BCUT2D eigenvalue weighted by atomic mass is 79.9. The largest absolute Gasteiger partial charge is 0.341 e. The van der Waals surface area contributed by atoms with Crippen LogP contribution in [0.4, 0.5) is 5.95 Å². The molecule has 0 spiro atoms. The Hall–Kier alpha value is -0.730. The van der Waals surface area contributed by atoms with Gasteiger partial charge >= 0.3 is 0 Å². The Labute approximate surface area is 128 Å². The molecule has 1 saturated heterocycles. The third-order valence-corrected chi connectivity index (χ3v) is 5.28. The number of sulfonamides is 1. The molecule has 1 aliphatic rings. The Morgan fingerprint density at radius 2 is 1.90 bits per heavy atom. The van der Waals surface area contributed by atoms with E-state index in [4.69, 9.17) is 0 Å². The standard InChI is InChI=1S/C12H19BrN4O2S/c1-16(20(2,18)19)9-10-3-5-17(6-4-10)12-14-7-11(13)8-15-12/h7-8,10H,3-6,9H2,1-2H3. The number of hydrogen-bond acceptors (Lipinski definition) is 5. The number of nitrogens with zero attached hydrogens (tertiary/aromatic N) is 4. The number of hydrogen-bond donors (Lipinski definition) is 0. The van der Waals surface area contributed by atoms with E-state index in [1.807, 2.05) is 0 Å². The molecule has 20 heavy (non-hydrogen) atoms. The molecule has 1 aromatic heterocycles. The summed E-state index contributed by atoms with van der Waals surface area (Å²) in [7, 11) is -1.44. The van der Waals surface area contributed by atoms with Gasteiger partial charge < -0.3 is 4.90 Å². The van der Waals surface area contributed by atoms with Crippen molar-refractivity contribution in [2.75, 3.05) is 37.8 Å². The first kappa shape index (κ1) is 15.7. The molecule has 112 valence electrons. The fourth-order valence-electron chi connectivity index (χ4n) is 2.28. The first-order chi connectivity index (χ1) is 9.36. The van der Waals surface area contributed by atoms with Crippen LogP contribution >= 0.6 is 15.9 Å². The Kier molecular flexibility index (Phi) is 4.98. The summed E-state index contributed by atoms with van der Waals surface area (Å²) in [6.45, 7) is 2.32. The Morgan fingerprint density at radius 1 is 1.35 bits per heavy atom. The van der Waals surface area contributed by atoms with Gasteiger partial charge in [-0.3, -0.25) is 0 Å². The van der Waals surface area contributed by atoms with Crippen molar-refractivity contribution < 1.29 is 8.42 Å². The van der Waals surface area contributed by atoms with Crippen molar-refractivity contribution in [3.63, 3.8) is 0 Å². The highest BCUT2D eigenvalue weighted by molar-refractivity contribution is 9.10. The van der Waals surface area contributed by atoms with Gasteiger partial charge in [0, 0.05) is 39.1 Å². The Morgan fingerprint density at radius 3 is 2.40 bits per heavy atom. The molecule has 0 aromatic carbocycles. The van der Waals surface area contributed by atoms with E-state index in [-0.39, 0.29) is 0 Å². The quantitative estimate of drug-likeness (QED) is 0.808. The van der Waals surface area contributed by atoms with E-state index in [1.54, 1.807) is 19.4 Å². The summed E-state index contributed by atoms with van der Waals surface area (Å²) in [5.41, 5.74) is 0. The molecular formula is C12H19BrN4O2S. The summed E-state index contributed by atoms with van der Waals surface area (Å²) in [5, 5.41) is 0. The van der Waals surface area contributed by atoms with Gasteiger partial charge in [0.25, 0.3) is 0 Å². The monoisotopic (exact) mass is 362 g/mol. The minimum Gasteiger partial charge on any atom is -0.341 e. The third kappa shape index (κ3) is 4.13. The second-order valence-corrected chi connectivity index (χ2v) is 8.18. The SMILES string of the molecule is CN(CC1CCN(c2ncc(Br)cn2)CC1)S(C)(=O)=O. The van der Waals surface area contributed by atoms with Crippen LogP contribution in [0.2, 0.25) is 0 Å². The van der Waals surface area contributed by atoms with Crippen LogP contribution in [0.3, 0.4) is 0 Å². The first-order valence-corrected chi connectivity index (χ1v) is 9.14. The molecule has 0 saturated carbocycles. The molecule has 1 fully saturated rings. The van der Waals surface area contributed by atoms with Gasteiger partial charge in [-0.2, -0.15) is 0 Å². The lowest BCUT2D eigenvalue weighted by Crippen LogP contribution is -2.39. The van der Waals surface area contributed by atoms with E-state index < -0.39 is 10.0 Å². The summed E-state index contributed by atoms with van der Waals surface area (Å²) in [6.07, 6.45) is 6.65. The van der Waals surface area contributed by atoms with Gasteiger partial charge in [-0.1, -0.05) is 0 Å². The zero-order valence-corrected chi connectivity index (χ0v) is 14.1. The average molecular weight is 363 g/mol. The lowest BCUT2D eigenvalue weighted by atomic mass is 9.97. The number of anilines is 1. The third-order valence-electron chi connectivity index (χ3n) is 3.59. The van der Waals surface area contributed by atoms with Gasteiger partial charge in [0.05, 0.1) is 10.7 Å². The van der Waals surface area contributed by atoms with Crippen molar-refractivity contribution >= 4 is 31.9 Å². The predicted molar refractivity (Wildman–Crippen MR) is 82.1 cm³/mol. The van der Waals surface area contributed by atoms with Crippen LogP contribution in [0.5, 0.6) is 0 Å². The van der Waals surface area contributed by atoms with E-state index in [1.165, 1.54) is 10.6 Å². The Balaban J connectivity index is 1.88. The number of aromatic nitrogens is 2. The zero-order valence-electron chi connectivity index (χ0n) is 11.7. The minimum atomic E-state index is -3.08. The fourth-order valence-corrected chi connectivity index (χ4v) is 2.97. The second-order valence-electron chi connectivity index (χ2n) is 5.18. The predicted octanol–water partition coefficient (Wildman–Crippen LogP) is 1.35. The number of halogens is 1. The summed E-state index contributed by atoms with van der Waals surface area (Å²) in [4.78, 5) is 10.7.